The Morgan fingerprint density at radius 3 is 2.19 bits per heavy atom. The molecule has 0 bridgehead atoms. The van der Waals surface area contributed by atoms with Crippen LogP contribution in [-0.2, 0) is 28.9 Å². The lowest BCUT2D eigenvalue weighted by Gasteiger charge is -2.40. The summed E-state index contributed by atoms with van der Waals surface area (Å²) in [4.78, 5) is 45.0. The molecule has 1 aromatic heterocycles. The number of hydrogen-bond donors (Lipinski definition) is 0. The topological polar surface area (TPSA) is 81.1 Å². The lowest BCUT2D eigenvalue weighted by Crippen LogP contribution is -2.58. The molecule has 1 saturated heterocycles. The molecule has 1 aliphatic heterocycles. The molecule has 6 rings (SSSR count). The Morgan fingerprint density at radius 2 is 1.58 bits per heavy atom. The van der Waals surface area contributed by atoms with E-state index in [1.807, 2.05) is 4.57 Å². The average Bonchev–Trinajstić information content (AvgIpc) is 3.69. The molecule has 2 amide bonds. The Hall–Kier alpha value is -5.13. The third-order valence-electron chi connectivity index (χ3n) is 9.23. The van der Waals surface area contributed by atoms with Crippen molar-refractivity contribution < 1.29 is 41.4 Å². The third-order valence-corrected chi connectivity index (χ3v) is 9.23. The molecular formula is C36H33F4N3O5. The summed E-state index contributed by atoms with van der Waals surface area (Å²) in [5.41, 5.74) is 1.90. The number of rotatable bonds is 8. The Labute approximate surface area is 274 Å². The molecule has 2 unspecified atom stereocenters. The fourth-order valence-corrected chi connectivity index (χ4v) is 7.28. The average molecular weight is 664 g/mol. The number of carbonyl (C=O) groups excluding carboxylic acids is 3. The number of likely N-dealkylation sites (tertiary alicyclic amines) is 1. The summed E-state index contributed by atoms with van der Waals surface area (Å²) >= 11 is 0. The second-order valence-electron chi connectivity index (χ2n) is 12.4. The zero-order chi connectivity index (χ0) is 34.4. The van der Waals surface area contributed by atoms with Crippen LogP contribution in [-0.4, -0.2) is 71.8 Å². The van der Waals surface area contributed by atoms with Crippen LogP contribution in [0.15, 0.2) is 84.9 Å². The Bertz CT molecular complexity index is 1840. The van der Waals surface area contributed by atoms with Gasteiger partial charge < -0.3 is 23.8 Å². The van der Waals surface area contributed by atoms with Crippen LogP contribution < -0.4 is 4.74 Å². The van der Waals surface area contributed by atoms with E-state index in [-0.39, 0.29) is 43.0 Å². The minimum absolute atomic E-state index is 0.0297. The Balaban J connectivity index is 1.48. The van der Waals surface area contributed by atoms with Crippen molar-refractivity contribution in [1.29, 1.82) is 0 Å². The number of hydrogen-bond acceptors (Lipinski definition) is 5. The van der Waals surface area contributed by atoms with E-state index < -0.39 is 29.6 Å². The van der Waals surface area contributed by atoms with Crippen molar-refractivity contribution in [2.45, 2.75) is 37.2 Å². The van der Waals surface area contributed by atoms with Crippen LogP contribution in [0.4, 0.5) is 17.6 Å². The van der Waals surface area contributed by atoms with Crippen molar-refractivity contribution in [3.63, 3.8) is 0 Å². The first kappa shape index (κ1) is 32.8. The number of ether oxygens (including phenoxy) is 2. The van der Waals surface area contributed by atoms with Gasteiger partial charge in [0.1, 0.15) is 17.3 Å². The highest BCUT2D eigenvalue weighted by atomic mass is 19.4. The van der Waals surface area contributed by atoms with Crippen LogP contribution >= 0.6 is 0 Å². The number of nitrogens with zero attached hydrogens (tertiary/aromatic N) is 3. The summed E-state index contributed by atoms with van der Waals surface area (Å²) in [6.45, 7) is 0.371. The predicted octanol–water partition coefficient (Wildman–Crippen LogP) is 5.84. The van der Waals surface area contributed by atoms with Gasteiger partial charge in [0.2, 0.25) is 0 Å². The molecule has 3 atom stereocenters. The van der Waals surface area contributed by atoms with E-state index in [0.29, 0.717) is 34.4 Å². The predicted molar refractivity (Wildman–Crippen MR) is 167 cm³/mol. The minimum atomic E-state index is -4.83. The number of carbonyl (C=O) groups is 3. The van der Waals surface area contributed by atoms with Gasteiger partial charge in [-0.05, 0) is 71.5 Å². The van der Waals surface area contributed by atoms with E-state index in [0.717, 1.165) is 5.69 Å². The van der Waals surface area contributed by atoms with Gasteiger partial charge in [-0.1, -0.05) is 42.5 Å². The molecule has 4 aromatic rings. The quantitative estimate of drug-likeness (QED) is 0.175. The van der Waals surface area contributed by atoms with Crippen LogP contribution in [0, 0.1) is 11.7 Å². The van der Waals surface area contributed by atoms with Crippen LogP contribution in [0.3, 0.4) is 0 Å². The molecule has 0 spiro atoms. The monoisotopic (exact) mass is 663 g/mol. The standard InChI is InChI=1S/C36H33F4N3O5/c1-41(2)33(45)30-18-28-29(42(30)20-23-11-15-27(16-12-23)48-36(38,39)40)17-25-21-43(32(44)24-7-5-4-6-8-24)35(31(25)28,34(46)47-3)19-22-9-13-26(37)14-10-22/h4-16,18,25,31H,17,19-21H2,1-3H3/t25?,31?,35-/m1/s1. The molecule has 3 aromatic carbocycles. The molecule has 48 heavy (non-hydrogen) atoms. The Morgan fingerprint density at radius 1 is 0.938 bits per heavy atom. The van der Waals surface area contributed by atoms with Crippen molar-refractivity contribution in [1.82, 2.24) is 14.4 Å². The zero-order valence-corrected chi connectivity index (χ0v) is 26.5. The largest absolute Gasteiger partial charge is 0.573 e. The Kier molecular flexibility index (Phi) is 8.52. The van der Waals surface area contributed by atoms with Gasteiger partial charge >= 0.3 is 12.3 Å². The zero-order valence-electron chi connectivity index (χ0n) is 26.5. The number of alkyl halides is 3. The first-order valence-electron chi connectivity index (χ1n) is 15.3. The fourth-order valence-electron chi connectivity index (χ4n) is 7.28. The fraction of sp³-hybridized carbons (Fsp3) is 0.306. The van der Waals surface area contributed by atoms with Crippen molar-refractivity contribution in [2.75, 3.05) is 27.7 Å². The van der Waals surface area contributed by atoms with E-state index >= 15 is 0 Å². The highest BCUT2D eigenvalue weighted by Crippen LogP contribution is 2.55. The van der Waals surface area contributed by atoms with Gasteiger partial charge in [-0.15, -0.1) is 13.2 Å². The second kappa shape index (κ2) is 12.5. The summed E-state index contributed by atoms with van der Waals surface area (Å²) in [7, 11) is 4.49. The van der Waals surface area contributed by atoms with Gasteiger partial charge in [-0.2, -0.15) is 0 Å². The molecule has 0 saturated carbocycles. The van der Waals surface area contributed by atoms with Crippen molar-refractivity contribution in [3.05, 3.63) is 124 Å². The van der Waals surface area contributed by atoms with Crippen LogP contribution in [0.1, 0.15) is 49.1 Å². The van der Waals surface area contributed by atoms with Crippen LogP contribution in [0.25, 0.3) is 0 Å². The highest BCUT2D eigenvalue weighted by molar-refractivity contribution is 6.00. The number of halogens is 4. The first-order valence-corrected chi connectivity index (χ1v) is 15.3. The summed E-state index contributed by atoms with van der Waals surface area (Å²) in [6.07, 6.45) is -4.39. The van der Waals surface area contributed by atoms with Gasteiger partial charge in [-0.3, -0.25) is 9.59 Å². The summed E-state index contributed by atoms with van der Waals surface area (Å²) in [5.74, 6) is -2.94. The van der Waals surface area contributed by atoms with Gasteiger partial charge in [-0.25, -0.2) is 9.18 Å². The molecule has 12 heteroatoms. The molecule has 250 valence electrons. The van der Waals surface area contributed by atoms with Crippen molar-refractivity contribution in [2.24, 2.45) is 5.92 Å². The van der Waals surface area contributed by atoms with E-state index in [1.54, 1.807) is 67.5 Å². The van der Waals surface area contributed by atoms with Gasteiger partial charge in [0.05, 0.1) is 7.11 Å². The highest BCUT2D eigenvalue weighted by Gasteiger charge is 2.64. The number of benzene rings is 3. The number of aromatic nitrogens is 1. The number of fused-ring (bicyclic) bond motifs is 3. The van der Waals surface area contributed by atoms with Gasteiger partial charge in [0, 0.05) is 50.8 Å². The molecular weight excluding hydrogens is 630 g/mol. The molecule has 1 fully saturated rings. The molecule has 2 aliphatic rings. The smallest absolute Gasteiger partial charge is 0.467 e. The molecule has 0 N–H and O–H groups in total. The summed E-state index contributed by atoms with van der Waals surface area (Å²) < 4.78 is 63.6. The first-order chi connectivity index (χ1) is 22.8. The number of methoxy groups -OCH3 is 1. The van der Waals surface area contributed by atoms with E-state index in [4.69, 9.17) is 4.74 Å². The van der Waals surface area contributed by atoms with Crippen molar-refractivity contribution >= 4 is 17.8 Å². The normalized spacial score (nSPS) is 19.9. The van der Waals surface area contributed by atoms with Crippen LogP contribution in [0.5, 0.6) is 5.75 Å². The molecule has 0 radical (unpaired) electrons. The maximum atomic E-state index is 14.2. The molecule has 1 aliphatic carbocycles. The minimum Gasteiger partial charge on any atom is -0.467 e. The molecule has 8 nitrogen and oxygen atoms in total. The SMILES string of the molecule is COC(=O)[C@@]1(Cc2ccc(F)cc2)C2c3cc(C(=O)N(C)C)n(Cc4ccc(OC(F)(F)F)cc4)c3CC2CN1C(=O)c1ccccc1. The lowest BCUT2D eigenvalue weighted by molar-refractivity contribution is -0.274. The number of amides is 2. The third kappa shape index (κ3) is 5.91. The molecule has 2 heterocycles. The van der Waals surface area contributed by atoms with Crippen molar-refractivity contribution in [3.8, 4) is 5.75 Å². The van der Waals surface area contributed by atoms with Gasteiger partial charge in [0.25, 0.3) is 11.8 Å². The summed E-state index contributed by atoms with van der Waals surface area (Å²) in [6, 6.07) is 21.6. The van der Waals surface area contributed by atoms with E-state index in [1.165, 1.54) is 48.4 Å². The van der Waals surface area contributed by atoms with Crippen LogP contribution in [0.2, 0.25) is 0 Å². The summed E-state index contributed by atoms with van der Waals surface area (Å²) in [5, 5.41) is 0. The second-order valence-corrected chi connectivity index (χ2v) is 12.4. The van der Waals surface area contributed by atoms with E-state index in [9.17, 15) is 31.9 Å². The lowest BCUT2D eigenvalue weighted by atomic mass is 9.75. The number of esters is 1. The maximum absolute atomic E-state index is 14.2. The van der Waals surface area contributed by atoms with Gasteiger partial charge in [0.15, 0.2) is 5.54 Å². The van der Waals surface area contributed by atoms with E-state index in [2.05, 4.69) is 4.74 Å². The maximum Gasteiger partial charge on any atom is 0.573 e.